The Morgan fingerprint density at radius 3 is 2.18 bits per heavy atom. The minimum Gasteiger partial charge on any atom is -0.494 e. The monoisotopic (exact) mass is 320 g/mol. The summed E-state index contributed by atoms with van der Waals surface area (Å²) in [6.07, 6.45) is 1.84. The van der Waals surface area contributed by atoms with E-state index >= 15 is 0 Å². The van der Waals surface area contributed by atoms with Crippen LogP contribution in [0.2, 0.25) is 5.02 Å². The Morgan fingerprint density at radius 2 is 1.50 bits per heavy atom. The van der Waals surface area contributed by atoms with E-state index in [-0.39, 0.29) is 0 Å². The highest BCUT2D eigenvalue weighted by molar-refractivity contribution is 6.30. The van der Waals surface area contributed by atoms with E-state index < -0.39 is 0 Å². The van der Waals surface area contributed by atoms with Crippen molar-refractivity contribution in [3.8, 4) is 17.2 Å². The van der Waals surface area contributed by atoms with Crippen LogP contribution in [0.1, 0.15) is 19.8 Å². The molecule has 0 heterocycles. The van der Waals surface area contributed by atoms with E-state index in [0.29, 0.717) is 24.8 Å². The Labute approximate surface area is 136 Å². The van der Waals surface area contributed by atoms with Crippen LogP contribution in [0.4, 0.5) is 0 Å². The summed E-state index contributed by atoms with van der Waals surface area (Å²) < 4.78 is 16.9. The van der Waals surface area contributed by atoms with Crippen molar-refractivity contribution in [1.82, 2.24) is 0 Å². The van der Waals surface area contributed by atoms with Crippen molar-refractivity contribution in [1.29, 1.82) is 0 Å². The topological polar surface area (TPSA) is 27.7 Å². The molecule has 0 aliphatic heterocycles. The zero-order chi connectivity index (χ0) is 15.6. The molecule has 0 saturated carbocycles. The molecule has 118 valence electrons. The Morgan fingerprint density at radius 1 is 0.818 bits per heavy atom. The number of benzene rings is 2. The van der Waals surface area contributed by atoms with Crippen molar-refractivity contribution in [2.24, 2.45) is 0 Å². The fraction of sp³-hybridized carbons (Fsp3) is 0.333. The number of hydrogen-bond acceptors (Lipinski definition) is 3. The molecule has 0 atom stereocenters. The van der Waals surface area contributed by atoms with E-state index in [0.717, 1.165) is 30.1 Å². The average molecular weight is 321 g/mol. The third-order valence-electron chi connectivity index (χ3n) is 3.01. The summed E-state index contributed by atoms with van der Waals surface area (Å²) in [5.74, 6) is 2.38. The summed E-state index contributed by atoms with van der Waals surface area (Å²) in [6, 6.07) is 15.2. The van der Waals surface area contributed by atoms with E-state index in [1.165, 1.54) is 0 Å². The number of hydrogen-bond donors (Lipinski definition) is 0. The van der Waals surface area contributed by atoms with Gasteiger partial charge in [-0.15, -0.1) is 0 Å². The number of unbranched alkanes of at least 4 members (excludes halogenated alkanes) is 1. The summed E-state index contributed by atoms with van der Waals surface area (Å²) in [5, 5.41) is 0.688. The van der Waals surface area contributed by atoms with Gasteiger partial charge in [-0.05, 0) is 50.1 Å². The molecule has 3 nitrogen and oxygen atoms in total. The van der Waals surface area contributed by atoms with Crippen molar-refractivity contribution in [3.05, 3.63) is 53.6 Å². The number of rotatable bonds is 9. The third kappa shape index (κ3) is 5.49. The van der Waals surface area contributed by atoms with Crippen LogP contribution in [0.15, 0.2) is 48.5 Å². The third-order valence-corrected chi connectivity index (χ3v) is 3.25. The van der Waals surface area contributed by atoms with Gasteiger partial charge in [-0.2, -0.15) is 0 Å². The van der Waals surface area contributed by atoms with Crippen molar-refractivity contribution >= 4 is 11.6 Å². The zero-order valence-corrected chi connectivity index (χ0v) is 13.5. The molecule has 2 aromatic rings. The standard InChI is InChI=1S/C18H21ClO3/c1-2-20-17-10-3-4-11-18(17)22-13-6-5-12-21-16-9-7-8-15(19)14-16/h3-4,7-11,14H,2,5-6,12-13H2,1H3. The SMILES string of the molecule is CCOc1ccccc1OCCCCOc1cccc(Cl)c1. The van der Waals surface area contributed by atoms with Crippen LogP contribution < -0.4 is 14.2 Å². The van der Waals surface area contributed by atoms with Gasteiger partial charge in [0.05, 0.1) is 19.8 Å². The highest BCUT2D eigenvalue weighted by atomic mass is 35.5. The lowest BCUT2D eigenvalue weighted by Gasteiger charge is -2.11. The molecular formula is C18H21ClO3. The molecular weight excluding hydrogens is 300 g/mol. The van der Waals surface area contributed by atoms with Gasteiger partial charge in [0.2, 0.25) is 0 Å². The fourth-order valence-corrected chi connectivity index (χ4v) is 2.16. The fourth-order valence-electron chi connectivity index (χ4n) is 1.98. The summed E-state index contributed by atoms with van der Waals surface area (Å²) >= 11 is 5.90. The first-order chi connectivity index (χ1) is 10.8. The smallest absolute Gasteiger partial charge is 0.161 e. The molecule has 0 aliphatic carbocycles. The maximum absolute atomic E-state index is 5.90. The Kier molecular flexibility index (Phi) is 6.91. The van der Waals surface area contributed by atoms with Gasteiger partial charge in [-0.1, -0.05) is 29.8 Å². The maximum atomic E-state index is 5.90. The first kappa shape index (κ1) is 16.5. The van der Waals surface area contributed by atoms with Crippen molar-refractivity contribution in [3.63, 3.8) is 0 Å². The second kappa shape index (κ2) is 9.21. The lowest BCUT2D eigenvalue weighted by molar-refractivity contribution is 0.252. The molecule has 0 unspecified atom stereocenters. The quantitative estimate of drug-likeness (QED) is 0.610. The van der Waals surface area contributed by atoms with Gasteiger partial charge in [0, 0.05) is 5.02 Å². The Balaban J connectivity index is 1.65. The summed E-state index contributed by atoms with van der Waals surface area (Å²) in [5.41, 5.74) is 0. The van der Waals surface area contributed by atoms with Gasteiger partial charge in [0.15, 0.2) is 11.5 Å². The molecule has 0 spiro atoms. The van der Waals surface area contributed by atoms with Gasteiger partial charge < -0.3 is 14.2 Å². The van der Waals surface area contributed by atoms with Gasteiger partial charge in [-0.3, -0.25) is 0 Å². The average Bonchev–Trinajstić information content (AvgIpc) is 2.52. The van der Waals surface area contributed by atoms with Crippen molar-refractivity contribution in [2.45, 2.75) is 19.8 Å². The molecule has 0 amide bonds. The zero-order valence-electron chi connectivity index (χ0n) is 12.8. The molecule has 2 rings (SSSR count). The molecule has 0 aromatic heterocycles. The minimum absolute atomic E-state index is 0.633. The number of halogens is 1. The van der Waals surface area contributed by atoms with Crippen LogP contribution in [0.5, 0.6) is 17.2 Å². The van der Waals surface area contributed by atoms with Gasteiger partial charge >= 0.3 is 0 Å². The Bertz CT molecular complexity index is 572. The van der Waals surface area contributed by atoms with Crippen LogP contribution in [-0.2, 0) is 0 Å². The molecule has 0 fully saturated rings. The van der Waals surface area contributed by atoms with E-state index in [1.54, 1.807) is 0 Å². The van der Waals surface area contributed by atoms with Gasteiger partial charge in [0.1, 0.15) is 5.75 Å². The maximum Gasteiger partial charge on any atom is 0.161 e. The molecule has 4 heteroatoms. The molecule has 2 aromatic carbocycles. The highest BCUT2D eigenvalue weighted by Crippen LogP contribution is 2.26. The predicted molar refractivity (Wildman–Crippen MR) is 89.3 cm³/mol. The second-order valence-corrected chi connectivity index (χ2v) is 5.18. The van der Waals surface area contributed by atoms with E-state index in [1.807, 2.05) is 55.5 Å². The molecule has 0 N–H and O–H groups in total. The molecule has 22 heavy (non-hydrogen) atoms. The Hall–Kier alpha value is -1.87. The largest absolute Gasteiger partial charge is 0.494 e. The summed E-state index contributed by atoms with van der Waals surface area (Å²) in [7, 11) is 0. The van der Waals surface area contributed by atoms with E-state index in [9.17, 15) is 0 Å². The molecule has 0 radical (unpaired) electrons. The lowest BCUT2D eigenvalue weighted by atomic mass is 10.3. The highest BCUT2D eigenvalue weighted by Gasteiger charge is 2.03. The van der Waals surface area contributed by atoms with Crippen LogP contribution in [0.3, 0.4) is 0 Å². The van der Waals surface area contributed by atoms with Crippen molar-refractivity contribution in [2.75, 3.05) is 19.8 Å². The predicted octanol–water partition coefficient (Wildman–Crippen LogP) is 4.98. The normalized spacial score (nSPS) is 10.3. The van der Waals surface area contributed by atoms with Gasteiger partial charge in [-0.25, -0.2) is 0 Å². The van der Waals surface area contributed by atoms with Gasteiger partial charge in [0.25, 0.3) is 0 Å². The minimum atomic E-state index is 0.633. The first-order valence-corrected chi connectivity index (χ1v) is 7.90. The number of ether oxygens (including phenoxy) is 3. The van der Waals surface area contributed by atoms with Crippen LogP contribution in [0.25, 0.3) is 0 Å². The second-order valence-electron chi connectivity index (χ2n) is 4.74. The number of para-hydroxylation sites is 2. The van der Waals surface area contributed by atoms with Crippen LogP contribution in [0, 0.1) is 0 Å². The summed E-state index contributed by atoms with van der Waals surface area (Å²) in [6.45, 7) is 3.89. The molecule has 0 bridgehead atoms. The van der Waals surface area contributed by atoms with E-state index in [2.05, 4.69) is 0 Å². The molecule has 0 aliphatic rings. The summed E-state index contributed by atoms with van der Waals surface area (Å²) in [4.78, 5) is 0. The van der Waals surface area contributed by atoms with Crippen LogP contribution in [-0.4, -0.2) is 19.8 Å². The van der Waals surface area contributed by atoms with E-state index in [4.69, 9.17) is 25.8 Å². The lowest BCUT2D eigenvalue weighted by Crippen LogP contribution is -2.03. The molecule has 0 saturated heterocycles. The van der Waals surface area contributed by atoms with Crippen molar-refractivity contribution < 1.29 is 14.2 Å². The van der Waals surface area contributed by atoms with Crippen LogP contribution >= 0.6 is 11.6 Å². The first-order valence-electron chi connectivity index (χ1n) is 7.52.